The number of aryl methyl sites for hydroxylation is 1. The maximum absolute atomic E-state index is 11.8. The van der Waals surface area contributed by atoms with E-state index in [0.29, 0.717) is 5.69 Å². The fourth-order valence-corrected chi connectivity index (χ4v) is 1.42. The zero-order valence-electron chi connectivity index (χ0n) is 9.23. The highest BCUT2D eigenvalue weighted by molar-refractivity contribution is 6.03. The number of anilines is 1. The Bertz CT molecular complexity index is 604. The summed E-state index contributed by atoms with van der Waals surface area (Å²) in [6.07, 6.45) is 6.07. The van der Waals surface area contributed by atoms with Gasteiger partial charge in [0.2, 0.25) is 0 Å². The average Bonchev–Trinajstić information content (AvgIpc) is 2.29. The number of rotatable bonds is 2. The lowest BCUT2D eigenvalue weighted by atomic mass is 10.2. The van der Waals surface area contributed by atoms with Crippen LogP contribution in [0.15, 0.2) is 41.7 Å². The molecule has 0 bridgehead atoms. The molecule has 0 spiro atoms. The highest BCUT2D eigenvalue weighted by Crippen LogP contribution is 2.08. The quantitative estimate of drug-likeness (QED) is 0.815. The van der Waals surface area contributed by atoms with Crippen molar-refractivity contribution >= 4 is 11.6 Å². The van der Waals surface area contributed by atoms with Crippen molar-refractivity contribution in [3.05, 3.63) is 58.3 Å². The molecule has 0 aliphatic heterocycles. The molecule has 0 aliphatic carbocycles. The van der Waals surface area contributed by atoms with Gasteiger partial charge in [-0.05, 0) is 18.6 Å². The van der Waals surface area contributed by atoms with E-state index in [0.717, 1.165) is 5.56 Å². The first-order valence-electron chi connectivity index (χ1n) is 5.07. The van der Waals surface area contributed by atoms with Gasteiger partial charge in [0.25, 0.3) is 5.91 Å². The van der Waals surface area contributed by atoms with Crippen molar-refractivity contribution in [2.45, 2.75) is 6.92 Å². The summed E-state index contributed by atoms with van der Waals surface area (Å²) in [4.78, 5) is 29.9. The zero-order valence-corrected chi connectivity index (χ0v) is 9.23. The lowest BCUT2D eigenvalue weighted by molar-refractivity contribution is 0.102. The molecular formula is C12H11N3O2. The molecule has 0 unspecified atom stereocenters. The number of amides is 1. The van der Waals surface area contributed by atoms with Gasteiger partial charge < -0.3 is 10.3 Å². The minimum absolute atomic E-state index is 0.0778. The lowest BCUT2D eigenvalue weighted by Crippen LogP contribution is -2.20. The molecule has 86 valence electrons. The standard InChI is InChI=1S/C12H11N3O2/c1-8-4-9(6-14-5-8)15-12(17)10-7-13-3-2-11(10)16/h2-7H,1H3,(H,13,16)(H,15,17). The molecule has 5 heteroatoms. The van der Waals surface area contributed by atoms with E-state index < -0.39 is 5.91 Å². The van der Waals surface area contributed by atoms with Crippen LogP contribution in [0.2, 0.25) is 0 Å². The number of aromatic nitrogens is 2. The van der Waals surface area contributed by atoms with Gasteiger partial charge in [0.1, 0.15) is 5.56 Å². The molecule has 2 N–H and O–H groups in total. The van der Waals surface area contributed by atoms with Crippen LogP contribution in [0.5, 0.6) is 0 Å². The summed E-state index contributed by atoms with van der Waals surface area (Å²) in [6, 6.07) is 3.09. The highest BCUT2D eigenvalue weighted by Gasteiger charge is 2.09. The van der Waals surface area contributed by atoms with Gasteiger partial charge >= 0.3 is 0 Å². The van der Waals surface area contributed by atoms with Gasteiger partial charge in [-0.15, -0.1) is 0 Å². The Kier molecular flexibility index (Phi) is 3.00. The first kappa shape index (κ1) is 11.1. The van der Waals surface area contributed by atoms with Crippen LogP contribution in [0.4, 0.5) is 5.69 Å². The Morgan fingerprint density at radius 1 is 1.41 bits per heavy atom. The van der Waals surface area contributed by atoms with Crippen molar-refractivity contribution in [1.82, 2.24) is 9.97 Å². The second-order valence-electron chi connectivity index (χ2n) is 3.63. The molecule has 2 rings (SSSR count). The van der Waals surface area contributed by atoms with E-state index in [-0.39, 0.29) is 11.0 Å². The van der Waals surface area contributed by atoms with E-state index in [1.165, 1.54) is 24.7 Å². The summed E-state index contributed by atoms with van der Waals surface area (Å²) in [5.74, 6) is -0.445. The number of hydrogen-bond acceptors (Lipinski definition) is 3. The zero-order chi connectivity index (χ0) is 12.3. The molecule has 2 heterocycles. The summed E-state index contributed by atoms with van der Waals surface area (Å²) in [6.45, 7) is 1.87. The van der Waals surface area contributed by atoms with Gasteiger partial charge in [0.05, 0.1) is 11.9 Å². The molecule has 1 amide bonds. The van der Waals surface area contributed by atoms with E-state index in [1.54, 1.807) is 12.3 Å². The summed E-state index contributed by atoms with van der Waals surface area (Å²) >= 11 is 0. The van der Waals surface area contributed by atoms with Gasteiger partial charge in [-0.1, -0.05) is 0 Å². The fourth-order valence-electron chi connectivity index (χ4n) is 1.42. The number of H-pyrrole nitrogens is 1. The number of pyridine rings is 2. The molecular weight excluding hydrogens is 218 g/mol. The van der Waals surface area contributed by atoms with Gasteiger partial charge in [-0.25, -0.2) is 0 Å². The molecule has 5 nitrogen and oxygen atoms in total. The van der Waals surface area contributed by atoms with Gasteiger partial charge in [-0.3, -0.25) is 14.6 Å². The predicted octanol–water partition coefficient (Wildman–Crippen LogP) is 1.33. The molecule has 0 radical (unpaired) electrons. The first-order valence-corrected chi connectivity index (χ1v) is 5.07. The van der Waals surface area contributed by atoms with Crippen molar-refractivity contribution < 1.29 is 4.79 Å². The Balaban J connectivity index is 2.23. The number of nitrogens with zero attached hydrogens (tertiary/aromatic N) is 1. The summed E-state index contributed by atoms with van der Waals surface area (Å²) in [5.41, 5.74) is 1.26. The lowest BCUT2D eigenvalue weighted by Gasteiger charge is -2.04. The molecule has 2 aromatic rings. The van der Waals surface area contributed by atoms with Crippen LogP contribution in [-0.2, 0) is 0 Å². The third kappa shape index (κ3) is 2.57. The van der Waals surface area contributed by atoms with Crippen molar-refractivity contribution in [2.75, 3.05) is 5.32 Å². The van der Waals surface area contributed by atoms with Crippen LogP contribution in [0.25, 0.3) is 0 Å². The molecule has 0 atom stereocenters. The van der Waals surface area contributed by atoms with Crippen LogP contribution in [-0.4, -0.2) is 15.9 Å². The number of nitrogens with one attached hydrogen (secondary N) is 2. The molecule has 0 fully saturated rings. The second-order valence-corrected chi connectivity index (χ2v) is 3.63. The Morgan fingerprint density at radius 2 is 2.24 bits per heavy atom. The first-order chi connectivity index (χ1) is 8.16. The molecule has 0 aliphatic rings. The molecule has 17 heavy (non-hydrogen) atoms. The van der Waals surface area contributed by atoms with Crippen molar-refractivity contribution in [3.63, 3.8) is 0 Å². The third-order valence-electron chi connectivity index (χ3n) is 2.20. The minimum Gasteiger partial charge on any atom is -0.367 e. The topological polar surface area (TPSA) is 74.8 Å². The van der Waals surface area contributed by atoms with Crippen molar-refractivity contribution in [3.8, 4) is 0 Å². The molecule has 2 aromatic heterocycles. The number of hydrogen-bond donors (Lipinski definition) is 2. The largest absolute Gasteiger partial charge is 0.367 e. The maximum Gasteiger partial charge on any atom is 0.261 e. The number of carbonyl (C=O) groups excluding carboxylic acids is 1. The fraction of sp³-hybridized carbons (Fsp3) is 0.0833. The molecule has 0 saturated heterocycles. The summed E-state index contributed by atoms with van der Waals surface area (Å²) < 4.78 is 0. The van der Waals surface area contributed by atoms with Gasteiger partial charge in [-0.2, -0.15) is 0 Å². The van der Waals surface area contributed by atoms with Gasteiger partial charge in [0.15, 0.2) is 5.43 Å². The third-order valence-corrected chi connectivity index (χ3v) is 2.20. The van der Waals surface area contributed by atoms with Crippen molar-refractivity contribution in [1.29, 1.82) is 0 Å². The van der Waals surface area contributed by atoms with E-state index in [2.05, 4.69) is 15.3 Å². The van der Waals surface area contributed by atoms with E-state index in [1.807, 2.05) is 6.92 Å². The monoisotopic (exact) mass is 229 g/mol. The van der Waals surface area contributed by atoms with Gasteiger partial charge in [0, 0.05) is 24.7 Å². The molecule has 0 aromatic carbocycles. The van der Waals surface area contributed by atoms with E-state index in [4.69, 9.17) is 0 Å². The van der Waals surface area contributed by atoms with E-state index >= 15 is 0 Å². The number of carbonyl (C=O) groups is 1. The predicted molar refractivity (Wildman–Crippen MR) is 64.0 cm³/mol. The smallest absolute Gasteiger partial charge is 0.261 e. The SMILES string of the molecule is Cc1cncc(NC(=O)c2c[nH]ccc2=O)c1. The second kappa shape index (κ2) is 4.61. The van der Waals surface area contributed by atoms with Crippen molar-refractivity contribution in [2.24, 2.45) is 0 Å². The molecule has 0 saturated carbocycles. The summed E-state index contributed by atoms with van der Waals surface area (Å²) in [7, 11) is 0. The van der Waals surface area contributed by atoms with Crippen LogP contribution < -0.4 is 10.7 Å². The van der Waals surface area contributed by atoms with Crippen LogP contribution in [0, 0.1) is 6.92 Å². The van der Waals surface area contributed by atoms with E-state index in [9.17, 15) is 9.59 Å². The summed E-state index contributed by atoms with van der Waals surface area (Å²) in [5, 5.41) is 2.62. The minimum atomic E-state index is -0.445. The Morgan fingerprint density at radius 3 is 2.94 bits per heavy atom. The van der Waals surface area contributed by atoms with Crippen LogP contribution >= 0.6 is 0 Å². The Hall–Kier alpha value is -2.43. The Labute approximate surface area is 97.5 Å². The number of aromatic amines is 1. The average molecular weight is 229 g/mol. The highest BCUT2D eigenvalue weighted by atomic mass is 16.2. The maximum atomic E-state index is 11.8. The van der Waals surface area contributed by atoms with Crippen LogP contribution in [0.3, 0.4) is 0 Å². The normalized spacial score (nSPS) is 9.94. The van der Waals surface area contributed by atoms with Crippen LogP contribution in [0.1, 0.15) is 15.9 Å².